The molecule has 1 amide bonds. The maximum atomic E-state index is 13.0. The predicted octanol–water partition coefficient (Wildman–Crippen LogP) is 4.34. The number of anilines is 1. The molecular formula is C22H20N2O2S. The zero-order valence-electron chi connectivity index (χ0n) is 14.9. The summed E-state index contributed by atoms with van der Waals surface area (Å²) in [4.78, 5) is 13.0. The van der Waals surface area contributed by atoms with Crippen molar-refractivity contribution in [2.45, 2.75) is 5.92 Å². The van der Waals surface area contributed by atoms with Crippen LogP contribution in [0.4, 0.5) is 5.69 Å². The van der Waals surface area contributed by atoms with Crippen LogP contribution < -0.4 is 15.4 Å². The van der Waals surface area contributed by atoms with E-state index in [-0.39, 0.29) is 11.0 Å². The van der Waals surface area contributed by atoms with Crippen molar-refractivity contribution in [3.63, 3.8) is 0 Å². The van der Waals surface area contributed by atoms with Gasteiger partial charge in [-0.15, -0.1) is 0 Å². The number of methoxy groups -OCH3 is 1. The van der Waals surface area contributed by atoms with Gasteiger partial charge in [0.05, 0.1) is 13.0 Å². The molecule has 3 aromatic rings. The number of carbonyl (C=O) groups is 1. The highest BCUT2D eigenvalue weighted by Crippen LogP contribution is 2.24. The second-order valence-electron chi connectivity index (χ2n) is 5.93. The van der Waals surface area contributed by atoms with E-state index in [0.717, 1.165) is 22.6 Å². The van der Waals surface area contributed by atoms with Crippen molar-refractivity contribution < 1.29 is 9.53 Å². The first-order valence-electron chi connectivity index (χ1n) is 8.53. The van der Waals surface area contributed by atoms with Gasteiger partial charge >= 0.3 is 0 Å². The van der Waals surface area contributed by atoms with E-state index in [9.17, 15) is 4.79 Å². The van der Waals surface area contributed by atoms with E-state index in [1.54, 1.807) is 7.11 Å². The van der Waals surface area contributed by atoms with Crippen LogP contribution in [0.1, 0.15) is 17.0 Å². The predicted molar refractivity (Wildman–Crippen MR) is 112 cm³/mol. The van der Waals surface area contributed by atoms with Gasteiger partial charge in [0.15, 0.2) is 5.11 Å². The number of amides is 1. The molecule has 0 fully saturated rings. The summed E-state index contributed by atoms with van der Waals surface area (Å²) in [5.41, 5.74) is 2.60. The van der Waals surface area contributed by atoms with E-state index < -0.39 is 5.92 Å². The summed E-state index contributed by atoms with van der Waals surface area (Å²) in [6.45, 7) is 0. The molecule has 0 radical (unpaired) electrons. The molecule has 0 bridgehead atoms. The molecule has 0 aliphatic carbocycles. The average molecular weight is 376 g/mol. The Morgan fingerprint density at radius 1 is 0.852 bits per heavy atom. The first kappa shape index (κ1) is 18.6. The molecule has 0 spiro atoms. The van der Waals surface area contributed by atoms with Gasteiger partial charge in [0.2, 0.25) is 5.91 Å². The zero-order valence-corrected chi connectivity index (χ0v) is 15.7. The average Bonchev–Trinajstić information content (AvgIpc) is 2.70. The van der Waals surface area contributed by atoms with Crippen LogP contribution in [0.15, 0.2) is 84.9 Å². The zero-order chi connectivity index (χ0) is 19.1. The number of benzene rings is 3. The quantitative estimate of drug-likeness (QED) is 0.651. The standard InChI is InChI=1S/C22H20N2O2S/c1-26-19-14-12-18(13-15-19)23-22(27)24-21(25)20(16-8-4-2-5-9-16)17-10-6-3-7-11-17/h2-15,20H,1H3,(H2,23,24,25,27). The third-order valence-corrected chi connectivity index (χ3v) is 4.32. The van der Waals surface area contributed by atoms with Crippen LogP contribution >= 0.6 is 12.2 Å². The summed E-state index contributed by atoms with van der Waals surface area (Å²) in [6, 6.07) is 26.6. The third kappa shape index (κ3) is 4.92. The minimum Gasteiger partial charge on any atom is -0.497 e. The molecule has 0 saturated carbocycles. The molecule has 0 aliphatic heterocycles. The number of thiocarbonyl (C=S) groups is 1. The monoisotopic (exact) mass is 376 g/mol. The minimum absolute atomic E-state index is 0.182. The van der Waals surface area contributed by atoms with Gasteiger partial charge < -0.3 is 15.4 Å². The van der Waals surface area contributed by atoms with Gasteiger partial charge in [0, 0.05) is 5.69 Å². The van der Waals surface area contributed by atoms with Crippen LogP contribution in [0.5, 0.6) is 5.75 Å². The summed E-state index contributed by atoms with van der Waals surface area (Å²) in [7, 11) is 1.61. The highest BCUT2D eigenvalue weighted by Gasteiger charge is 2.23. The second kappa shape index (κ2) is 8.96. The minimum atomic E-state index is -0.442. The van der Waals surface area contributed by atoms with Crippen molar-refractivity contribution in [1.82, 2.24) is 5.32 Å². The summed E-state index contributed by atoms with van der Waals surface area (Å²) < 4.78 is 5.14. The van der Waals surface area contributed by atoms with Crippen LogP contribution in [0.3, 0.4) is 0 Å². The number of hydrogen-bond acceptors (Lipinski definition) is 3. The highest BCUT2D eigenvalue weighted by molar-refractivity contribution is 7.80. The summed E-state index contributed by atoms with van der Waals surface area (Å²) in [6.07, 6.45) is 0. The van der Waals surface area contributed by atoms with Crippen molar-refractivity contribution in [2.75, 3.05) is 12.4 Å². The van der Waals surface area contributed by atoms with Crippen molar-refractivity contribution in [1.29, 1.82) is 0 Å². The lowest BCUT2D eigenvalue weighted by atomic mass is 9.90. The molecule has 4 nitrogen and oxygen atoms in total. The molecule has 27 heavy (non-hydrogen) atoms. The Morgan fingerprint density at radius 3 is 1.85 bits per heavy atom. The van der Waals surface area contributed by atoms with Gasteiger partial charge in [-0.2, -0.15) is 0 Å². The molecule has 0 unspecified atom stereocenters. The summed E-state index contributed by atoms with van der Waals surface area (Å²) in [5, 5.41) is 6.08. The lowest BCUT2D eigenvalue weighted by molar-refractivity contribution is -0.120. The van der Waals surface area contributed by atoms with Gasteiger partial charge in [0.1, 0.15) is 5.75 Å². The van der Waals surface area contributed by atoms with E-state index >= 15 is 0 Å². The van der Waals surface area contributed by atoms with Gasteiger partial charge in [-0.1, -0.05) is 60.7 Å². The lowest BCUT2D eigenvalue weighted by Crippen LogP contribution is -2.37. The molecule has 3 aromatic carbocycles. The molecule has 3 rings (SSSR count). The largest absolute Gasteiger partial charge is 0.497 e. The Hall–Kier alpha value is -3.18. The SMILES string of the molecule is COc1ccc(NC(=S)NC(=O)C(c2ccccc2)c2ccccc2)cc1. The van der Waals surface area contributed by atoms with Crippen molar-refractivity contribution in [3.05, 3.63) is 96.1 Å². The second-order valence-corrected chi connectivity index (χ2v) is 6.33. The van der Waals surface area contributed by atoms with Crippen molar-refractivity contribution in [3.8, 4) is 5.75 Å². The van der Waals surface area contributed by atoms with Gasteiger partial charge in [-0.3, -0.25) is 4.79 Å². The van der Waals surface area contributed by atoms with E-state index in [1.807, 2.05) is 84.9 Å². The molecule has 5 heteroatoms. The fourth-order valence-corrected chi connectivity index (χ4v) is 3.03. The first-order chi connectivity index (χ1) is 13.2. The molecule has 0 heterocycles. The van der Waals surface area contributed by atoms with E-state index in [0.29, 0.717) is 0 Å². The first-order valence-corrected chi connectivity index (χ1v) is 8.94. The maximum Gasteiger partial charge on any atom is 0.238 e. The maximum absolute atomic E-state index is 13.0. The smallest absolute Gasteiger partial charge is 0.238 e. The number of hydrogen-bond donors (Lipinski definition) is 2. The van der Waals surface area contributed by atoms with Crippen LogP contribution in [0.2, 0.25) is 0 Å². The van der Waals surface area contributed by atoms with Crippen molar-refractivity contribution >= 4 is 28.9 Å². The number of nitrogens with one attached hydrogen (secondary N) is 2. The molecular weight excluding hydrogens is 356 g/mol. The number of rotatable bonds is 5. The van der Waals surface area contributed by atoms with Crippen LogP contribution in [0, 0.1) is 0 Å². The summed E-state index contributed by atoms with van der Waals surface area (Å²) >= 11 is 5.32. The fraction of sp³-hybridized carbons (Fsp3) is 0.0909. The normalized spacial score (nSPS) is 10.3. The van der Waals surface area contributed by atoms with E-state index in [2.05, 4.69) is 10.6 Å². The van der Waals surface area contributed by atoms with Gasteiger partial charge in [-0.05, 0) is 47.6 Å². The Balaban J connectivity index is 1.75. The third-order valence-electron chi connectivity index (χ3n) is 4.11. The Morgan fingerprint density at radius 2 is 1.37 bits per heavy atom. The molecule has 0 aliphatic rings. The number of carbonyl (C=O) groups excluding carboxylic acids is 1. The van der Waals surface area contributed by atoms with Crippen LogP contribution in [-0.4, -0.2) is 18.1 Å². The van der Waals surface area contributed by atoms with Crippen molar-refractivity contribution in [2.24, 2.45) is 0 Å². The fourth-order valence-electron chi connectivity index (χ4n) is 2.81. The topological polar surface area (TPSA) is 50.4 Å². The van der Waals surface area contributed by atoms with Crippen LogP contribution in [0.25, 0.3) is 0 Å². The number of ether oxygens (including phenoxy) is 1. The molecule has 0 atom stereocenters. The summed E-state index contributed by atoms with van der Waals surface area (Å²) in [5.74, 6) is 0.130. The molecule has 136 valence electrons. The van der Waals surface area contributed by atoms with Crippen LogP contribution in [-0.2, 0) is 4.79 Å². The van der Waals surface area contributed by atoms with Gasteiger partial charge in [0.25, 0.3) is 0 Å². The Bertz CT molecular complexity index is 857. The van der Waals surface area contributed by atoms with Gasteiger partial charge in [-0.25, -0.2) is 0 Å². The van der Waals surface area contributed by atoms with E-state index in [1.165, 1.54) is 0 Å². The molecule has 2 N–H and O–H groups in total. The highest BCUT2D eigenvalue weighted by atomic mass is 32.1. The lowest BCUT2D eigenvalue weighted by Gasteiger charge is -2.18. The van der Waals surface area contributed by atoms with E-state index in [4.69, 9.17) is 17.0 Å². The molecule has 0 saturated heterocycles. The Labute approximate surface area is 164 Å². The Kier molecular flexibility index (Phi) is 6.18. The molecule has 0 aromatic heterocycles.